The van der Waals surface area contributed by atoms with Crippen molar-refractivity contribution in [2.45, 2.75) is 51.2 Å². The van der Waals surface area contributed by atoms with E-state index in [-0.39, 0.29) is 17.2 Å². The Morgan fingerprint density at radius 2 is 2.16 bits per heavy atom. The number of hydrogen-bond donors (Lipinski definition) is 1. The molecule has 0 aliphatic heterocycles. The molecule has 1 aliphatic rings. The maximum absolute atomic E-state index is 13.4. The second-order valence-corrected chi connectivity index (χ2v) is 9.85. The van der Waals surface area contributed by atoms with Gasteiger partial charge in [0.1, 0.15) is 4.83 Å². The van der Waals surface area contributed by atoms with Crippen molar-refractivity contribution in [1.29, 1.82) is 0 Å². The van der Waals surface area contributed by atoms with Gasteiger partial charge in [-0.15, -0.1) is 11.3 Å². The fourth-order valence-corrected chi connectivity index (χ4v) is 6.06. The molecule has 0 saturated carbocycles. The van der Waals surface area contributed by atoms with Crippen LogP contribution in [0.2, 0.25) is 0 Å². The van der Waals surface area contributed by atoms with Crippen LogP contribution in [0.5, 0.6) is 0 Å². The lowest BCUT2D eigenvalue weighted by Crippen LogP contribution is -2.25. The van der Waals surface area contributed by atoms with Crippen LogP contribution in [0.25, 0.3) is 10.2 Å². The third kappa shape index (κ3) is 4.56. The molecule has 6 nitrogen and oxygen atoms in total. The van der Waals surface area contributed by atoms with E-state index in [2.05, 4.69) is 5.32 Å². The summed E-state index contributed by atoms with van der Waals surface area (Å²) in [4.78, 5) is 32.9. The summed E-state index contributed by atoms with van der Waals surface area (Å²) < 4.78 is 6.90. The highest BCUT2D eigenvalue weighted by Gasteiger charge is 2.23. The zero-order valence-corrected chi connectivity index (χ0v) is 19.8. The highest BCUT2D eigenvalue weighted by atomic mass is 32.2. The molecule has 31 heavy (non-hydrogen) atoms. The molecular formula is C23H27N3O3S2. The molecule has 1 amide bonds. The van der Waals surface area contributed by atoms with Gasteiger partial charge >= 0.3 is 0 Å². The Bertz CT molecular complexity index is 1180. The average molecular weight is 458 g/mol. The first-order chi connectivity index (χ1) is 15.0. The molecule has 0 saturated heterocycles. The van der Waals surface area contributed by atoms with Crippen LogP contribution < -0.4 is 10.9 Å². The van der Waals surface area contributed by atoms with Gasteiger partial charge in [0.2, 0.25) is 5.91 Å². The van der Waals surface area contributed by atoms with Crippen molar-refractivity contribution in [2.75, 3.05) is 24.8 Å². The maximum atomic E-state index is 13.4. The van der Waals surface area contributed by atoms with E-state index in [9.17, 15) is 9.59 Å². The Hall–Kier alpha value is -2.16. The number of aryl methyl sites for hydroxylation is 3. The highest BCUT2D eigenvalue weighted by Crippen LogP contribution is 2.35. The number of carbonyl (C=O) groups excluding carboxylic acids is 1. The number of anilines is 1. The number of nitrogens with one attached hydrogen (secondary N) is 1. The molecule has 2 aromatic heterocycles. The van der Waals surface area contributed by atoms with Crippen molar-refractivity contribution in [3.05, 3.63) is 50.1 Å². The molecule has 0 spiro atoms. The SMILES string of the molecule is COCCCn1c(SCC(=O)Nc2cccc(C)c2C)nc2sc3c(c2c1=O)CCC3. The molecule has 0 unspecified atom stereocenters. The van der Waals surface area contributed by atoms with Crippen LogP contribution in [-0.4, -0.2) is 34.9 Å². The average Bonchev–Trinajstić information content (AvgIpc) is 3.32. The summed E-state index contributed by atoms with van der Waals surface area (Å²) in [6.07, 6.45) is 3.81. The fraction of sp³-hybridized carbons (Fsp3) is 0.435. The molecule has 1 aliphatic carbocycles. The largest absolute Gasteiger partial charge is 0.385 e. The summed E-state index contributed by atoms with van der Waals surface area (Å²) in [5.74, 6) is 0.0888. The van der Waals surface area contributed by atoms with Gasteiger partial charge in [0.25, 0.3) is 5.56 Å². The third-order valence-electron chi connectivity index (χ3n) is 5.73. The van der Waals surface area contributed by atoms with E-state index < -0.39 is 0 Å². The number of nitrogens with zero attached hydrogens (tertiary/aromatic N) is 2. The Morgan fingerprint density at radius 1 is 1.32 bits per heavy atom. The summed E-state index contributed by atoms with van der Waals surface area (Å²) in [6, 6.07) is 5.86. The molecular weight excluding hydrogens is 430 g/mol. The first-order valence-corrected chi connectivity index (χ1v) is 12.3. The molecule has 0 atom stereocenters. The lowest BCUT2D eigenvalue weighted by atomic mass is 10.1. The molecule has 1 N–H and O–H groups in total. The van der Waals surface area contributed by atoms with Crippen molar-refractivity contribution in [3.8, 4) is 0 Å². The highest BCUT2D eigenvalue weighted by molar-refractivity contribution is 7.99. The summed E-state index contributed by atoms with van der Waals surface area (Å²) in [5.41, 5.74) is 4.21. The molecule has 0 radical (unpaired) electrons. The van der Waals surface area contributed by atoms with E-state index in [4.69, 9.17) is 9.72 Å². The maximum Gasteiger partial charge on any atom is 0.263 e. The number of carbonyl (C=O) groups is 1. The number of benzene rings is 1. The van der Waals surface area contributed by atoms with Crippen LogP contribution in [0.4, 0.5) is 5.69 Å². The monoisotopic (exact) mass is 457 g/mol. The Kier molecular flexibility index (Phi) is 6.79. The van der Waals surface area contributed by atoms with E-state index in [1.807, 2.05) is 32.0 Å². The predicted molar refractivity (Wildman–Crippen MR) is 128 cm³/mol. The normalized spacial score (nSPS) is 13.0. The first-order valence-electron chi connectivity index (χ1n) is 10.5. The van der Waals surface area contributed by atoms with Crippen LogP contribution in [0, 0.1) is 13.8 Å². The Balaban J connectivity index is 1.58. The van der Waals surface area contributed by atoms with Crippen molar-refractivity contribution in [3.63, 3.8) is 0 Å². The van der Waals surface area contributed by atoms with Gasteiger partial charge in [0.15, 0.2) is 5.16 Å². The number of hydrogen-bond acceptors (Lipinski definition) is 6. The molecule has 8 heteroatoms. The molecule has 2 heterocycles. The molecule has 0 bridgehead atoms. The zero-order valence-electron chi connectivity index (χ0n) is 18.1. The molecule has 164 valence electrons. The Morgan fingerprint density at radius 3 is 2.97 bits per heavy atom. The number of rotatable bonds is 8. The van der Waals surface area contributed by atoms with Gasteiger partial charge in [0, 0.05) is 30.8 Å². The van der Waals surface area contributed by atoms with E-state index in [1.54, 1.807) is 23.0 Å². The number of amides is 1. The Labute approximate surface area is 190 Å². The van der Waals surface area contributed by atoms with Crippen LogP contribution in [0.15, 0.2) is 28.2 Å². The van der Waals surface area contributed by atoms with Crippen LogP contribution in [0.3, 0.4) is 0 Å². The van der Waals surface area contributed by atoms with Gasteiger partial charge in [-0.3, -0.25) is 14.2 Å². The lowest BCUT2D eigenvalue weighted by molar-refractivity contribution is -0.113. The van der Waals surface area contributed by atoms with Crippen LogP contribution in [0.1, 0.15) is 34.4 Å². The predicted octanol–water partition coefficient (Wildman–Crippen LogP) is 4.33. The first kappa shape index (κ1) is 22.0. The minimum Gasteiger partial charge on any atom is -0.385 e. The van der Waals surface area contributed by atoms with E-state index >= 15 is 0 Å². The number of fused-ring (bicyclic) bond motifs is 3. The number of ether oxygens (including phenoxy) is 1. The van der Waals surface area contributed by atoms with E-state index in [0.717, 1.165) is 52.7 Å². The van der Waals surface area contributed by atoms with Gasteiger partial charge in [0.05, 0.1) is 11.1 Å². The topological polar surface area (TPSA) is 73.2 Å². The number of methoxy groups -OCH3 is 1. The minimum atomic E-state index is -0.106. The summed E-state index contributed by atoms with van der Waals surface area (Å²) in [6.45, 7) is 5.12. The molecule has 1 aromatic carbocycles. The second-order valence-electron chi connectivity index (χ2n) is 7.82. The van der Waals surface area contributed by atoms with Gasteiger partial charge in [-0.05, 0) is 62.3 Å². The van der Waals surface area contributed by atoms with Crippen molar-refractivity contribution < 1.29 is 9.53 Å². The van der Waals surface area contributed by atoms with Gasteiger partial charge < -0.3 is 10.1 Å². The molecule has 4 rings (SSSR count). The number of aromatic nitrogens is 2. The second kappa shape index (κ2) is 9.54. The quantitative estimate of drug-likeness (QED) is 0.310. The summed E-state index contributed by atoms with van der Waals surface area (Å²) in [7, 11) is 1.66. The minimum absolute atomic E-state index is 0.0120. The number of thiophene rings is 1. The van der Waals surface area contributed by atoms with Gasteiger partial charge in [-0.25, -0.2) is 4.98 Å². The van der Waals surface area contributed by atoms with Crippen LogP contribution >= 0.6 is 23.1 Å². The van der Waals surface area contributed by atoms with Crippen LogP contribution in [-0.2, 0) is 28.9 Å². The molecule has 0 fully saturated rings. The van der Waals surface area contributed by atoms with Crippen molar-refractivity contribution in [2.24, 2.45) is 0 Å². The van der Waals surface area contributed by atoms with E-state index in [1.165, 1.54) is 22.2 Å². The number of thioether (sulfide) groups is 1. The summed E-state index contributed by atoms with van der Waals surface area (Å²) >= 11 is 2.95. The standard InChI is InChI=1S/C23H27N3O3S2/c1-14-7-4-9-17(15(14)2)24-19(27)13-30-23-25-21-20(16-8-5-10-18(16)31-21)22(28)26(23)11-6-12-29-3/h4,7,9H,5-6,8,10-13H2,1-3H3,(H,24,27). The summed E-state index contributed by atoms with van der Waals surface area (Å²) in [5, 5.41) is 4.36. The zero-order chi connectivity index (χ0) is 22.0. The third-order valence-corrected chi connectivity index (χ3v) is 7.89. The van der Waals surface area contributed by atoms with E-state index in [0.29, 0.717) is 18.3 Å². The van der Waals surface area contributed by atoms with Crippen molar-refractivity contribution >= 4 is 44.9 Å². The smallest absolute Gasteiger partial charge is 0.263 e. The lowest BCUT2D eigenvalue weighted by Gasteiger charge is -2.13. The van der Waals surface area contributed by atoms with Gasteiger partial charge in [-0.2, -0.15) is 0 Å². The fourth-order valence-electron chi connectivity index (χ4n) is 3.94. The van der Waals surface area contributed by atoms with Gasteiger partial charge in [-0.1, -0.05) is 23.9 Å². The molecule has 3 aromatic rings. The van der Waals surface area contributed by atoms with Crippen molar-refractivity contribution in [1.82, 2.24) is 9.55 Å².